The number of piperidine rings is 1. The predicted octanol–water partition coefficient (Wildman–Crippen LogP) is 1.00. The number of carbonyl (C=O) groups excluding carboxylic acids is 1. The number of hydrogen-bond acceptors (Lipinski definition) is 6. The van der Waals surface area contributed by atoms with E-state index in [9.17, 15) is 23.1 Å². The number of aliphatic carboxylic acids is 1. The maximum Gasteiger partial charge on any atom is 0.341 e. The van der Waals surface area contributed by atoms with Gasteiger partial charge in [0.05, 0.1) is 7.11 Å². The number of ether oxygens (including phenoxy) is 1. The van der Waals surface area contributed by atoms with E-state index in [1.54, 1.807) is 0 Å². The summed E-state index contributed by atoms with van der Waals surface area (Å²) in [5.41, 5.74) is 0.00459. The molecule has 1 aromatic rings. The van der Waals surface area contributed by atoms with Gasteiger partial charge in [-0.05, 0) is 26.2 Å². The second-order valence-electron chi connectivity index (χ2n) is 4.99. The Kier molecular flexibility index (Phi) is 4.57. The molecule has 8 nitrogen and oxygen atoms in total. The largest absolute Gasteiger partial charge is 0.480 e. The Hall–Kier alpha value is -1.87. The van der Waals surface area contributed by atoms with E-state index in [1.165, 1.54) is 14.0 Å². The van der Waals surface area contributed by atoms with E-state index in [4.69, 9.17) is 4.42 Å². The Bertz CT molecular complexity index is 691. The molecule has 1 atom stereocenters. The number of esters is 1. The van der Waals surface area contributed by atoms with Crippen molar-refractivity contribution >= 4 is 22.0 Å². The van der Waals surface area contributed by atoms with Crippen LogP contribution in [0.3, 0.4) is 0 Å². The van der Waals surface area contributed by atoms with E-state index in [0.717, 1.165) is 10.4 Å². The van der Waals surface area contributed by atoms with Gasteiger partial charge in [-0.15, -0.1) is 0 Å². The predicted molar refractivity (Wildman–Crippen MR) is 74.0 cm³/mol. The summed E-state index contributed by atoms with van der Waals surface area (Å²) < 4.78 is 35.8. The van der Waals surface area contributed by atoms with Crippen LogP contribution in [0.15, 0.2) is 15.6 Å². The lowest BCUT2D eigenvalue weighted by Crippen LogP contribution is -2.47. The molecule has 2 heterocycles. The Labute approximate surface area is 127 Å². The first-order valence-corrected chi connectivity index (χ1v) is 8.16. The van der Waals surface area contributed by atoms with Crippen molar-refractivity contribution in [1.82, 2.24) is 4.31 Å². The van der Waals surface area contributed by atoms with Crippen molar-refractivity contribution in [3.05, 3.63) is 17.4 Å². The lowest BCUT2D eigenvalue weighted by atomic mass is 10.1. The van der Waals surface area contributed by atoms with E-state index < -0.39 is 33.1 Å². The van der Waals surface area contributed by atoms with Gasteiger partial charge in [0.2, 0.25) is 5.09 Å². The van der Waals surface area contributed by atoms with Crippen LogP contribution >= 0.6 is 0 Å². The van der Waals surface area contributed by atoms with Crippen molar-refractivity contribution in [2.24, 2.45) is 0 Å². The van der Waals surface area contributed by atoms with Gasteiger partial charge in [-0.2, -0.15) is 4.31 Å². The fourth-order valence-corrected chi connectivity index (χ4v) is 4.08. The highest BCUT2D eigenvalue weighted by molar-refractivity contribution is 7.89. The molecule has 22 heavy (non-hydrogen) atoms. The summed E-state index contributed by atoms with van der Waals surface area (Å²) in [7, 11) is -2.95. The zero-order valence-electron chi connectivity index (χ0n) is 12.2. The maximum atomic E-state index is 12.6. The molecule has 1 N–H and O–H groups in total. The number of furan rings is 1. The number of carboxylic acids is 1. The van der Waals surface area contributed by atoms with E-state index in [0.29, 0.717) is 12.8 Å². The Balaban J connectivity index is 2.41. The quantitative estimate of drug-likeness (QED) is 0.819. The minimum atomic E-state index is -4.12. The average molecular weight is 331 g/mol. The standard InChI is InChI=1S/C13H17NO7S/c1-8-9(13(17)20-2)7-11(21-8)22(18,19)14-6-4-3-5-10(14)12(15)16/h7,10H,3-6H2,1-2H3,(H,15,16). The SMILES string of the molecule is COC(=O)c1cc(S(=O)(=O)N2CCCCC2C(=O)O)oc1C. The first-order valence-electron chi connectivity index (χ1n) is 6.72. The Morgan fingerprint density at radius 1 is 1.41 bits per heavy atom. The normalized spacial score (nSPS) is 19.8. The van der Waals surface area contributed by atoms with E-state index in [-0.39, 0.29) is 24.3 Å². The number of carbonyl (C=O) groups is 2. The lowest BCUT2D eigenvalue weighted by molar-refractivity contribution is -0.142. The first kappa shape index (κ1) is 16.5. The number of aryl methyl sites for hydroxylation is 1. The molecule has 1 saturated heterocycles. The number of rotatable bonds is 4. The first-order chi connectivity index (χ1) is 10.3. The molecule has 0 amide bonds. The van der Waals surface area contributed by atoms with E-state index in [2.05, 4.69) is 4.74 Å². The molecule has 1 aliphatic heterocycles. The van der Waals surface area contributed by atoms with Crippen LogP contribution in [0.4, 0.5) is 0 Å². The highest BCUT2D eigenvalue weighted by Crippen LogP contribution is 2.28. The highest BCUT2D eigenvalue weighted by atomic mass is 32.2. The summed E-state index contributed by atoms with van der Waals surface area (Å²) in [5, 5.41) is 8.75. The monoisotopic (exact) mass is 331 g/mol. The summed E-state index contributed by atoms with van der Waals surface area (Å²) in [6.45, 7) is 1.54. The number of hydrogen-bond donors (Lipinski definition) is 1. The maximum absolute atomic E-state index is 12.6. The van der Waals surface area contributed by atoms with Gasteiger partial charge >= 0.3 is 11.9 Å². The molecule has 2 rings (SSSR count). The minimum Gasteiger partial charge on any atom is -0.480 e. The molecule has 0 bridgehead atoms. The van der Waals surface area contributed by atoms with Crippen LogP contribution in [0, 0.1) is 6.92 Å². The fraction of sp³-hybridized carbons (Fsp3) is 0.538. The van der Waals surface area contributed by atoms with Crippen LogP contribution in [-0.4, -0.2) is 49.5 Å². The lowest BCUT2D eigenvalue weighted by Gasteiger charge is -2.30. The van der Waals surface area contributed by atoms with Crippen LogP contribution in [-0.2, 0) is 19.6 Å². The number of nitrogens with zero attached hydrogens (tertiary/aromatic N) is 1. The molecule has 1 aliphatic rings. The molecule has 0 saturated carbocycles. The van der Waals surface area contributed by atoms with Gasteiger partial charge in [-0.1, -0.05) is 0 Å². The van der Waals surface area contributed by atoms with E-state index >= 15 is 0 Å². The molecule has 0 spiro atoms. The van der Waals surface area contributed by atoms with Gasteiger partial charge in [0.15, 0.2) is 0 Å². The summed E-state index contributed by atoms with van der Waals surface area (Å²) >= 11 is 0. The second kappa shape index (κ2) is 6.09. The van der Waals surface area contributed by atoms with Crippen LogP contribution < -0.4 is 0 Å². The summed E-state index contributed by atoms with van der Waals surface area (Å²) in [4.78, 5) is 22.8. The number of sulfonamides is 1. The molecule has 0 aliphatic carbocycles. The molecule has 1 fully saturated rings. The third kappa shape index (κ3) is 2.86. The van der Waals surface area contributed by atoms with Crippen LogP contribution in [0.1, 0.15) is 35.4 Å². The van der Waals surface area contributed by atoms with Crippen LogP contribution in [0.5, 0.6) is 0 Å². The van der Waals surface area contributed by atoms with Gasteiger partial charge in [0.25, 0.3) is 10.0 Å². The van der Waals surface area contributed by atoms with Gasteiger partial charge in [0.1, 0.15) is 17.4 Å². The molecular weight excluding hydrogens is 314 g/mol. The van der Waals surface area contributed by atoms with Crippen molar-refractivity contribution < 1.29 is 32.3 Å². The molecule has 1 unspecified atom stereocenters. The van der Waals surface area contributed by atoms with Gasteiger partial charge in [-0.25, -0.2) is 13.2 Å². The third-order valence-electron chi connectivity index (χ3n) is 3.60. The molecule has 1 aromatic heterocycles. The van der Waals surface area contributed by atoms with Crippen molar-refractivity contribution in [2.75, 3.05) is 13.7 Å². The fourth-order valence-electron chi connectivity index (χ4n) is 2.45. The molecular formula is C13H17NO7S. The Morgan fingerprint density at radius 3 is 2.68 bits per heavy atom. The molecule has 122 valence electrons. The van der Waals surface area contributed by atoms with Gasteiger partial charge in [-0.3, -0.25) is 4.79 Å². The van der Waals surface area contributed by atoms with Crippen molar-refractivity contribution in [3.8, 4) is 0 Å². The van der Waals surface area contributed by atoms with Crippen molar-refractivity contribution in [2.45, 2.75) is 37.3 Å². The van der Waals surface area contributed by atoms with Crippen LogP contribution in [0.25, 0.3) is 0 Å². The summed E-state index contributed by atoms with van der Waals surface area (Å²) in [5.74, 6) is -1.80. The average Bonchev–Trinajstić information content (AvgIpc) is 2.89. The van der Waals surface area contributed by atoms with Crippen LogP contribution in [0.2, 0.25) is 0 Å². The van der Waals surface area contributed by atoms with E-state index in [1.807, 2.05) is 0 Å². The molecule has 0 radical (unpaired) electrons. The Morgan fingerprint density at radius 2 is 2.09 bits per heavy atom. The third-order valence-corrected chi connectivity index (χ3v) is 5.37. The van der Waals surface area contributed by atoms with Gasteiger partial charge in [0, 0.05) is 12.6 Å². The minimum absolute atomic E-state index is 0.00459. The zero-order chi connectivity index (χ0) is 16.5. The summed E-state index contributed by atoms with van der Waals surface area (Å²) in [6, 6.07) is -0.0463. The van der Waals surface area contributed by atoms with Gasteiger partial charge < -0.3 is 14.3 Å². The second-order valence-corrected chi connectivity index (χ2v) is 6.81. The number of methoxy groups -OCH3 is 1. The molecule has 9 heteroatoms. The zero-order valence-corrected chi connectivity index (χ0v) is 13.1. The topological polar surface area (TPSA) is 114 Å². The molecule has 0 aromatic carbocycles. The summed E-state index contributed by atoms with van der Waals surface area (Å²) in [6.07, 6.45) is 1.47. The van der Waals surface area contributed by atoms with Crippen molar-refractivity contribution in [3.63, 3.8) is 0 Å². The van der Waals surface area contributed by atoms with Crippen molar-refractivity contribution in [1.29, 1.82) is 0 Å². The number of carboxylic acid groups (broad SMARTS) is 1. The highest BCUT2D eigenvalue weighted by Gasteiger charge is 2.39. The smallest absolute Gasteiger partial charge is 0.341 e.